The van der Waals surface area contributed by atoms with E-state index in [0.29, 0.717) is 19.1 Å². The minimum Gasteiger partial charge on any atom is -0.790 e. The standard InChI is InChI=1S/C12H27O6P.2H3N/c1-3-5-6-12(4-2)11-17-8-7-16-9-10-18-19(13,14)15;;/h12H,3-11H2,1-2H3,(H2,13,14,15);2*1H3. The highest BCUT2D eigenvalue weighted by atomic mass is 31.2. The maximum Gasteiger partial charge on any atom is 0.0752 e. The zero-order chi connectivity index (χ0) is 14.6. The number of unbranched alkanes of at least 4 members (excludes halogenated alkanes) is 1. The van der Waals surface area contributed by atoms with Gasteiger partial charge in [0.1, 0.15) is 0 Å². The number of phosphoric acid groups is 1. The number of quaternary nitrogens is 2. The first-order valence-corrected chi connectivity index (χ1v) is 8.27. The van der Waals surface area contributed by atoms with Crippen molar-refractivity contribution in [1.29, 1.82) is 0 Å². The molecule has 0 aliphatic heterocycles. The van der Waals surface area contributed by atoms with Crippen LogP contribution in [0.15, 0.2) is 0 Å². The fourth-order valence-corrected chi connectivity index (χ4v) is 1.87. The molecule has 0 rings (SSSR count). The van der Waals surface area contributed by atoms with Gasteiger partial charge in [-0.1, -0.05) is 33.1 Å². The van der Waals surface area contributed by atoms with E-state index >= 15 is 0 Å². The average molecular weight is 332 g/mol. The van der Waals surface area contributed by atoms with Gasteiger partial charge in [-0.2, -0.15) is 0 Å². The predicted octanol–water partition coefficient (Wildman–Crippen LogP) is 1.83. The minimum atomic E-state index is -4.87. The summed E-state index contributed by atoms with van der Waals surface area (Å²) in [5.74, 6) is 0.593. The van der Waals surface area contributed by atoms with Crippen molar-refractivity contribution in [2.24, 2.45) is 5.92 Å². The van der Waals surface area contributed by atoms with Crippen molar-refractivity contribution >= 4 is 7.82 Å². The molecule has 0 aromatic rings. The molecule has 8 N–H and O–H groups in total. The third-order valence-corrected chi connectivity index (χ3v) is 3.24. The highest BCUT2D eigenvalue weighted by molar-refractivity contribution is 7.43. The first-order chi connectivity index (χ1) is 8.99. The summed E-state index contributed by atoms with van der Waals surface area (Å²) in [6, 6.07) is 0. The molecule has 132 valence electrons. The highest BCUT2D eigenvalue weighted by Crippen LogP contribution is 2.23. The lowest BCUT2D eigenvalue weighted by atomic mass is 10.0. The van der Waals surface area contributed by atoms with E-state index in [9.17, 15) is 14.4 Å². The molecule has 0 amide bonds. The van der Waals surface area contributed by atoms with Gasteiger partial charge < -0.3 is 40.7 Å². The normalized spacial score (nSPS) is 12.4. The molecule has 0 fully saturated rings. The van der Waals surface area contributed by atoms with E-state index in [0.717, 1.165) is 13.0 Å². The largest absolute Gasteiger partial charge is 0.790 e. The summed E-state index contributed by atoms with van der Waals surface area (Å²) < 4.78 is 24.7. The van der Waals surface area contributed by atoms with Crippen LogP contribution in [-0.4, -0.2) is 33.0 Å². The number of hydrogen-bond acceptors (Lipinski definition) is 6. The van der Waals surface area contributed by atoms with Gasteiger partial charge in [0, 0.05) is 6.61 Å². The molecule has 0 saturated heterocycles. The molecule has 0 aliphatic carbocycles. The molecule has 0 spiro atoms. The highest BCUT2D eigenvalue weighted by Gasteiger charge is 2.05. The number of phosphoric ester groups is 1. The SMILES string of the molecule is CCCCC(CC)COCCOCCOP(=O)([O-])[O-].[NH4+].[NH4+]. The second-order valence-corrected chi connectivity index (χ2v) is 5.54. The summed E-state index contributed by atoms with van der Waals surface area (Å²) in [4.78, 5) is 20.3. The van der Waals surface area contributed by atoms with Crippen LogP contribution in [0.4, 0.5) is 0 Å². The van der Waals surface area contributed by atoms with Gasteiger partial charge in [-0.25, -0.2) is 0 Å². The smallest absolute Gasteiger partial charge is 0.0752 e. The number of ether oxygens (including phenoxy) is 2. The Kier molecular flexibility index (Phi) is 20.1. The molecule has 8 nitrogen and oxygen atoms in total. The first kappa shape index (κ1) is 25.9. The van der Waals surface area contributed by atoms with Crippen LogP contribution in [0.5, 0.6) is 0 Å². The summed E-state index contributed by atoms with van der Waals surface area (Å²) in [6.45, 7) is 5.73. The Balaban J connectivity index is -0.00000162. The van der Waals surface area contributed by atoms with Crippen LogP contribution in [0, 0.1) is 5.92 Å². The van der Waals surface area contributed by atoms with Crippen LogP contribution >= 0.6 is 7.82 Å². The van der Waals surface area contributed by atoms with Gasteiger partial charge in [-0.05, 0) is 12.3 Å². The molecule has 0 aliphatic rings. The molecular weight excluding hydrogens is 299 g/mol. The molecular formula is C12H33N2O6P. The van der Waals surface area contributed by atoms with Gasteiger partial charge >= 0.3 is 0 Å². The van der Waals surface area contributed by atoms with Gasteiger partial charge in [-0.15, -0.1) is 0 Å². The molecule has 9 heteroatoms. The lowest BCUT2D eigenvalue weighted by Gasteiger charge is -2.28. The van der Waals surface area contributed by atoms with Crippen molar-refractivity contribution in [1.82, 2.24) is 12.3 Å². The van der Waals surface area contributed by atoms with Gasteiger partial charge in [0.15, 0.2) is 0 Å². The molecule has 0 aromatic carbocycles. The molecule has 21 heavy (non-hydrogen) atoms. The van der Waals surface area contributed by atoms with E-state index in [1.54, 1.807) is 0 Å². The van der Waals surface area contributed by atoms with Gasteiger partial charge in [0.25, 0.3) is 0 Å². The topological polar surface area (TPSA) is 164 Å². The lowest BCUT2D eigenvalue weighted by molar-refractivity contribution is -0.342. The molecule has 0 radical (unpaired) electrons. The monoisotopic (exact) mass is 332 g/mol. The number of hydrogen-bond donors (Lipinski definition) is 2. The van der Waals surface area contributed by atoms with Crippen molar-refractivity contribution < 1.29 is 28.3 Å². The van der Waals surface area contributed by atoms with Crippen LogP contribution in [0.3, 0.4) is 0 Å². The lowest BCUT2D eigenvalue weighted by Crippen LogP contribution is -2.19. The third kappa shape index (κ3) is 19.9. The second kappa shape index (κ2) is 16.3. The molecule has 1 unspecified atom stereocenters. The maximum atomic E-state index is 10.1. The van der Waals surface area contributed by atoms with Crippen molar-refractivity contribution in [3.05, 3.63) is 0 Å². The summed E-state index contributed by atoms with van der Waals surface area (Å²) in [7, 11) is -4.87. The first-order valence-electron chi connectivity index (χ1n) is 6.81. The van der Waals surface area contributed by atoms with Crippen LogP contribution in [0.1, 0.15) is 39.5 Å². The van der Waals surface area contributed by atoms with Crippen molar-refractivity contribution in [2.75, 3.05) is 33.0 Å². The number of rotatable bonds is 13. The molecule has 0 heterocycles. The molecule has 1 atom stereocenters. The Morgan fingerprint density at radius 3 is 2.10 bits per heavy atom. The van der Waals surface area contributed by atoms with E-state index in [2.05, 4.69) is 18.4 Å². The van der Waals surface area contributed by atoms with Crippen LogP contribution in [0.2, 0.25) is 0 Å². The Morgan fingerprint density at radius 1 is 1.00 bits per heavy atom. The van der Waals surface area contributed by atoms with E-state index < -0.39 is 7.82 Å². The fourth-order valence-electron chi connectivity index (χ4n) is 1.58. The van der Waals surface area contributed by atoms with E-state index in [-0.39, 0.29) is 25.5 Å². The fraction of sp³-hybridized carbons (Fsp3) is 1.00. The Morgan fingerprint density at radius 2 is 1.57 bits per heavy atom. The van der Waals surface area contributed by atoms with Gasteiger partial charge in [0.2, 0.25) is 0 Å². The maximum absolute atomic E-state index is 10.1. The zero-order valence-corrected chi connectivity index (χ0v) is 14.7. The van der Waals surface area contributed by atoms with Gasteiger partial charge in [-0.3, -0.25) is 0 Å². The van der Waals surface area contributed by atoms with Crippen molar-refractivity contribution in [3.8, 4) is 0 Å². The van der Waals surface area contributed by atoms with E-state index in [1.165, 1.54) is 19.3 Å². The molecule has 0 aromatic heterocycles. The summed E-state index contributed by atoms with van der Waals surface area (Å²) in [5.41, 5.74) is 0. The minimum absolute atomic E-state index is 0. The summed E-state index contributed by atoms with van der Waals surface area (Å²) in [5, 5.41) is 0. The Bertz CT molecular complexity index is 252. The predicted molar refractivity (Wildman–Crippen MR) is 80.5 cm³/mol. The van der Waals surface area contributed by atoms with E-state index in [4.69, 9.17) is 9.47 Å². The Hall–Kier alpha value is -0.0500. The Labute approximate surface area is 128 Å². The molecule has 0 saturated carbocycles. The van der Waals surface area contributed by atoms with E-state index in [1.807, 2.05) is 0 Å². The van der Waals surface area contributed by atoms with Gasteiger partial charge in [0.05, 0.1) is 34.3 Å². The molecule has 0 bridgehead atoms. The average Bonchev–Trinajstić information content (AvgIpc) is 2.35. The van der Waals surface area contributed by atoms with Crippen molar-refractivity contribution in [3.63, 3.8) is 0 Å². The summed E-state index contributed by atoms with van der Waals surface area (Å²) in [6.07, 6.45) is 4.71. The second-order valence-electron chi connectivity index (χ2n) is 4.38. The third-order valence-electron chi connectivity index (χ3n) is 2.75. The van der Waals surface area contributed by atoms with Crippen LogP contribution < -0.4 is 22.1 Å². The van der Waals surface area contributed by atoms with Crippen LogP contribution in [0.25, 0.3) is 0 Å². The summed E-state index contributed by atoms with van der Waals surface area (Å²) >= 11 is 0. The van der Waals surface area contributed by atoms with Crippen molar-refractivity contribution in [2.45, 2.75) is 39.5 Å². The zero-order valence-electron chi connectivity index (χ0n) is 13.8. The van der Waals surface area contributed by atoms with Crippen LogP contribution in [-0.2, 0) is 18.6 Å². The quantitative estimate of drug-likeness (QED) is 0.385.